The van der Waals surface area contributed by atoms with Crippen molar-refractivity contribution in [3.8, 4) is 5.75 Å². The van der Waals surface area contributed by atoms with Crippen molar-refractivity contribution >= 4 is 24.0 Å². The maximum absolute atomic E-state index is 12.2. The SMILES string of the molecule is CC(C(=O)Nc1ccc(OCCN)cc1)c1cccnc1.Cl. The lowest BCUT2D eigenvalue weighted by atomic mass is 10.0. The topological polar surface area (TPSA) is 77.2 Å². The zero-order valence-corrected chi connectivity index (χ0v) is 13.2. The van der Waals surface area contributed by atoms with E-state index in [1.165, 1.54) is 0 Å². The number of carbonyl (C=O) groups is 1. The molecule has 118 valence electrons. The number of aromatic nitrogens is 1. The fourth-order valence-corrected chi connectivity index (χ4v) is 1.85. The minimum absolute atomic E-state index is 0. The molecule has 3 N–H and O–H groups in total. The number of amides is 1. The molecule has 1 amide bonds. The van der Waals surface area contributed by atoms with Crippen LogP contribution in [-0.2, 0) is 4.79 Å². The van der Waals surface area contributed by atoms with Crippen molar-refractivity contribution in [1.29, 1.82) is 0 Å². The number of hydrogen-bond donors (Lipinski definition) is 2. The van der Waals surface area contributed by atoms with E-state index in [2.05, 4.69) is 10.3 Å². The molecule has 0 bridgehead atoms. The lowest BCUT2D eigenvalue weighted by Crippen LogP contribution is -2.18. The molecule has 0 aliphatic carbocycles. The molecule has 0 radical (unpaired) electrons. The zero-order valence-electron chi connectivity index (χ0n) is 12.4. The van der Waals surface area contributed by atoms with E-state index in [1.54, 1.807) is 36.7 Å². The van der Waals surface area contributed by atoms with Crippen LogP contribution in [0.4, 0.5) is 5.69 Å². The maximum Gasteiger partial charge on any atom is 0.231 e. The van der Waals surface area contributed by atoms with Crippen LogP contribution in [0.2, 0.25) is 0 Å². The number of carbonyl (C=O) groups excluding carboxylic acids is 1. The number of ether oxygens (including phenoxy) is 1. The molecule has 1 atom stereocenters. The summed E-state index contributed by atoms with van der Waals surface area (Å²) in [6, 6.07) is 10.9. The van der Waals surface area contributed by atoms with E-state index in [9.17, 15) is 4.79 Å². The second kappa shape index (κ2) is 9.02. The van der Waals surface area contributed by atoms with Crippen LogP contribution in [0.5, 0.6) is 5.75 Å². The number of halogens is 1. The number of hydrogen-bond acceptors (Lipinski definition) is 4. The number of nitrogens with one attached hydrogen (secondary N) is 1. The van der Waals surface area contributed by atoms with Crippen LogP contribution in [-0.4, -0.2) is 24.0 Å². The first-order valence-electron chi connectivity index (χ1n) is 6.84. The molecule has 0 saturated carbocycles. The Balaban J connectivity index is 0.00000242. The van der Waals surface area contributed by atoms with Gasteiger partial charge in [0, 0.05) is 24.6 Å². The van der Waals surface area contributed by atoms with Gasteiger partial charge in [0.05, 0.1) is 5.92 Å². The molecule has 0 saturated heterocycles. The van der Waals surface area contributed by atoms with Crippen LogP contribution in [0.1, 0.15) is 18.4 Å². The average Bonchev–Trinajstić information content (AvgIpc) is 2.54. The molecule has 0 aliphatic rings. The van der Waals surface area contributed by atoms with Crippen LogP contribution in [0.25, 0.3) is 0 Å². The molecule has 1 unspecified atom stereocenters. The molecule has 0 fully saturated rings. The predicted molar refractivity (Wildman–Crippen MR) is 89.5 cm³/mol. The number of rotatable bonds is 6. The molecule has 5 nitrogen and oxygen atoms in total. The van der Waals surface area contributed by atoms with E-state index < -0.39 is 0 Å². The highest BCUT2D eigenvalue weighted by Gasteiger charge is 2.15. The largest absolute Gasteiger partial charge is 0.492 e. The Labute approximate surface area is 136 Å². The Hall–Kier alpha value is -2.11. The third-order valence-corrected chi connectivity index (χ3v) is 3.09. The van der Waals surface area contributed by atoms with Crippen molar-refractivity contribution in [2.75, 3.05) is 18.5 Å². The van der Waals surface area contributed by atoms with Crippen LogP contribution in [0, 0.1) is 0 Å². The van der Waals surface area contributed by atoms with Gasteiger partial charge in [-0.25, -0.2) is 0 Å². The van der Waals surface area contributed by atoms with Crippen molar-refractivity contribution in [3.05, 3.63) is 54.4 Å². The van der Waals surface area contributed by atoms with Gasteiger partial charge in [0.15, 0.2) is 0 Å². The number of nitrogens with two attached hydrogens (primary N) is 1. The molecule has 0 spiro atoms. The molecule has 1 aromatic heterocycles. The third kappa shape index (κ3) is 5.02. The van der Waals surface area contributed by atoms with E-state index in [0.29, 0.717) is 13.2 Å². The fraction of sp³-hybridized carbons (Fsp3) is 0.250. The first-order chi connectivity index (χ1) is 10.2. The van der Waals surface area contributed by atoms with E-state index in [0.717, 1.165) is 17.0 Å². The second-order valence-corrected chi connectivity index (χ2v) is 4.66. The summed E-state index contributed by atoms with van der Waals surface area (Å²) in [6.45, 7) is 2.80. The van der Waals surface area contributed by atoms with Gasteiger partial charge in [-0.2, -0.15) is 0 Å². The highest BCUT2D eigenvalue weighted by atomic mass is 35.5. The summed E-state index contributed by atoms with van der Waals surface area (Å²) >= 11 is 0. The Morgan fingerprint density at radius 3 is 2.64 bits per heavy atom. The Morgan fingerprint density at radius 2 is 2.05 bits per heavy atom. The molecule has 2 aromatic rings. The van der Waals surface area contributed by atoms with Gasteiger partial charge in [-0.15, -0.1) is 12.4 Å². The van der Waals surface area contributed by atoms with Gasteiger partial charge in [-0.1, -0.05) is 6.07 Å². The first kappa shape index (κ1) is 17.9. The highest BCUT2D eigenvalue weighted by Crippen LogP contribution is 2.19. The summed E-state index contributed by atoms with van der Waals surface area (Å²) < 4.78 is 5.39. The van der Waals surface area contributed by atoms with Crippen molar-refractivity contribution in [2.45, 2.75) is 12.8 Å². The molecular formula is C16H20ClN3O2. The van der Waals surface area contributed by atoms with Crippen LogP contribution >= 0.6 is 12.4 Å². The van der Waals surface area contributed by atoms with Crippen molar-refractivity contribution in [1.82, 2.24) is 4.98 Å². The molecule has 0 aliphatic heterocycles. The normalized spacial score (nSPS) is 11.2. The smallest absolute Gasteiger partial charge is 0.231 e. The van der Waals surface area contributed by atoms with Gasteiger partial charge >= 0.3 is 0 Å². The molecule has 1 heterocycles. The number of nitrogens with zero attached hydrogens (tertiary/aromatic N) is 1. The van der Waals surface area contributed by atoms with E-state index in [4.69, 9.17) is 10.5 Å². The van der Waals surface area contributed by atoms with Crippen LogP contribution in [0.15, 0.2) is 48.8 Å². The lowest BCUT2D eigenvalue weighted by molar-refractivity contribution is -0.117. The van der Waals surface area contributed by atoms with Gasteiger partial charge < -0.3 is 15.8 Å². The Kier molecular flexibility index (Phi) is 7.36. The summed E-state index contributed by atoms with van der Waals surface area (Å²) in [5.41, 5.74) is 6.99. The van der Waals surface area contributed by atoms with Crippen molar-refractivity contribution in [2.24, 2.45) is 5.73 Å². The Bertz CT molecular complexity index is 576. The zero-order chi connectivity index (χ0) is 15.1. The molecule has 6 heteroatoms. The fourth-order valence-electron chi connectivity index (χ4n) is 1.85. The molecule has 1 aromatic carbocycles. The number of anilines is 1. The van der Waals surface area contributed by atoms with Gasteiger partial charge in [0.25, 0.3) is 0 Å². The second-order valence-electron chi connectivity index (χ2n) is 4.66. The van der Waals surface area contributed by atoms with Gasteiger partial charge in [0.2, 0.25) is 5.91 Å². The summed E-state index contributed by atoms with van der Waals surface area (Å²) in [5.74, 6) is 0.407. The maximum atomic E-state index is 12.2. The quantitative estimate of drug-likeness (QED) is 0.857. The Morgan fingerprint density at radius 1 is 1.32 bits per heavy atom. The highest BCUT2D eigenvalue weighted by molar-refractivity contribution is 5.95. The summed E-state index contributed by atoms with van der Waals surface area (Å²) in [4.78, 5) is 16.2. The molecular weight excluding hydrogens is 302 g/mol. The summed E-state index contributed by atoms with van der Waals surface area (Å²) in [5, 5.41) is 2.88. The van der Waals surface area contributed by atoms with Gasteiger partial charge in [-0.05, 0) is 42.8 Å². The van der Waals surface area contributed by atoms with E-state index in [1.807, 2.05) is 19.1 Å². The average molecular weight is 322 g/mol. The van der Waals surface area contributed by atoms with E-state index in [-0.39, 0.29) is 24.2 Å². The van der Waals surface area contributed by atoms with Gasteiger partial charge in [-0.3, -0.25) is 9.78 Å². The standard InChI is InChI=1S/C16H19N3O2.ClH/c1-12(13-3-2-9-18-11-13)16(20)19-14-4-6-15(7-5-14)21-10-8-17;/h2-7,9,11-12H,8,10,17H2,1H3,(H,19,20);1H. The third-order valence-electron chi connectivity index (χ3n) is 3.09. The number of benzene rings is 1. The first-order valence-corrected chi connectivity index (χ1v) is 6.84. The predicted octanol–water partition coefficient (Wildman–Crippen LogP) is 2.58. The van der Waals surface area contributed by atoms with Crippen LogP contribution in [0.3, 0.4) is 0 Å². The minimum atomic E-state index is -0.258. The summed E-state index contributed by atoms with van der Waals surface area (Å²) in [6.07, 6.45) is 3.39. The lowest BCUT2D eigenvalue weighted by Gasteiger charge is -2.12. The van der Waals surface area contributed by atoms with Crippen molar-refractivity contribution < 1.29 is 9.53 Å². The summed E-state index contributed by atoms with van der Waals surface area (Å²) in [7, 11) is 0. The van der Waals surface area contributed by atoms with Crippen LogP contribution < -0.4 is 15.8 Å². The molecule has 2 rings (SSSR count). The van der Waals surface area contributed by atoms with Gasteiger partial charge in [0.1, 0.15) is 12.4 Å². The molecule has 22 heavy (non-hydrogen) atoms. The minimum Gasteiger partial charge on any atom is -0.492 e. The van der Waals surface area contributed by atoms with Crippen molar-refractivity contribution in [3.63, 3.8) is 0 Å². The van der Waals surface area contributed by atoms with E-state index >= 15 is 0 Å². The monoisotopic (exact) mass is 321 g/mol. The number of pyridine rings is 1.